The number of nitrogens with one attached hydrogen (secondary N) is 1. The molecule has 0 saturated carbocycles. The third-order valence-corrected chi connectivity index (χ3v) is 5.66. The molecular formula is C17H25BrClN3O. The maximum atomic E-state index is 12.5. The van der Waals surface area contributed by atoms with Crippen LogP contribution >= 0.6 is 28.3 Å². The maximum absolute atomic E-state index is 12.5. The van der Waals surface area contributed by atoms with Gasteiger partial charge in [0.25, 0.3) is 0 Å². The molecule has 6 heteroatoms. The molecule has 2 saturated heterocycles. The van der Waals surface area contributed by atoms with Crippen LogP contribution in [-0.4, -0.2) is 55.0 Å². The van der Waals surface area contributed by atoms with E-state index in [0.717, 1.165) is 35.6 Å². The molecule has 1 aromatic carbocycles. The summed E-state index contributed by atoms with van der Waals surface area (Å²) >= 11 is 3.55. The molecule has 0 spiro atoms. The van der Waals surface area contributed by atoms with Crippen LogP contribution in [0.4, 0.5) is 0 Å². The van der Waals surface area contributed by atoms with Gasteiger partial charge in [0.2, 0.25) is 5.91 Å². The van der Waals surface area contributed by atoms with E-state index < -0.39 is 0 Å². The molecular weight excluding hydrogens is 378 g/mol. The molecule has 1 N–H and O–H groups in total. The Kier molecular flexibility index (Phi) is 6.89. The van der Waals surface area contributed by atoms with E-state index >= 15 is 0 Å². The highest BCUT2D eigenvalue weighted by molar-refractivity contribution is 9.10. The summed E-state index contributed by atoms with van der Waals surface area (Å²) < 4.78 is 1.06. The number of likely N-dealkylation sites (tertiary alicyclic amines) is 1. The largest absolute Gasteiger partial charge is 0.340 e. The van der Waals surface area contributed by atoms with Crippen LogP contribution < -0.4 is 5.32 Å². The summed E-state index contributed by atoms with van der Waals surface area (Å²) in [7, 11) is 1.89. The number of benzene rings is 1. The lowest BCUT2D eigenvalue weighted by molar-refractivity contribution is -0.132. The van der Waals surface area contributed by atoms with Crippen LogP contribution in [0.2, 0.25) is 0 Å². The van der Waals surface area contributed by atoms with E-state index in [2.05, 4.69) is 32.2 Å². The first-order valence-corrected chi connectivity index (χ1v) is 8.86. The fourth-order valence-electron chi connectivity index (χ4n) is 3.55. The van der Waals surface area contributed by atoms with Gasteiger partial charge in [0.05, 0.1) is 6.54 Å². The van der Waals surface area contributed by atoms with Crippen LogP contribution in [0.1, 0.15) is 18.4 Å². The number of rotatable bonds is 4. The summed E-state index contributed by atoms with van der Waals surface area (Å²) in [5.74, 6) is 0.940. The molecule has 2 unspecified atom stereocenters. The second-order valence-corrected chi connectivity index (χ2v) is 7.33. The predicted octanol–water partition coefficient (Wildman–Crippen LogP) is 2.51. The second-order valence-electron chi connectivity index (χ2n) is 6.47. The lowest BCUT2D eigenvalue weighted by Crippen LogP contribution is -2.48. The lowest BCUT2D eigenvalue weighted by Gasteiger charge is -2.35. The highest BCUT2D eigenvalue weighted by Gasteiger charge is 2.33. The smallest absolute Gasteiger partial charge is 0.236 e. The van der Waals surface area contributed by atoms with E-state index in [4.69, 9.17) is 0 Å². The van der Waals surface area contributed by atoms with Crippen LogP contribution in [0, 0.1) is 5.92 Å². The molecule has 1 amide bonds. The van der Waals surface area contributed by atoms with Gasteiger partial charge in [-0.15, -0.1) is 12.4 Å². The normalized spacial score (nSPS) is 23.9. The summed E-state index contributed by atoms with van der Waals surface area (Å²) in [5, 5.41) is 3.57. The molecule has 0 bridgehead atoms. The summed E-state index contributed by atoms with van der Waals surface area (Å²) in [6.45, 7) is 4.43. The number of carbonyl (C=O) groups is 1. The van der Waals surface area contributed by atoms with Crippen molar-refractivity contribution in [3.8, 4) is 0 Å². The molecule has 2 heterocycles. The van der Waals surface area contributed by atoms with Crippen molar-refractivity contribution in [2.75, 3.05) is 33.2 Å². The Morgan fingerprint density at radius 1 is 1.39 bits per heavy atom. The van der Waals surface area contributed by atoms with Crippen molar-refractivity contribution in [1.82, 2.24) is 15.1 Å². The van der Waals surface area contributed by atoms with Gasteiger partial charge >= 0.3 is 0 Å². The molecule has 128 valence electrons. The number of amides is 1. The molecule has 23 heavy (non-hydrogen) atoms. The molecule has 2 fully saturated rings. The summed E-state index contributed by atoms with van der Waals surface area (Å²) in [6, 6.07) is 8.77. The van der Waals surface area contributed by atoms with Gasteiger partial charge in [-0.2, -0.15) is 0 Å². The Balaban J connectivity index is 0.00000192. The van der Waals surface area contributed by atoms with Crippen molar-refractivity contribution in [1.29, 1.82) is 0 Å². The van der Waals surface area contributed by atoms with Crippen LogP contribution in [0.15, 0.2) is 28.7 Å². The van der Waals surface area contributed by atoms with Gasteiger partial charge in [-0.25, -0.2) is 0 Å². The first-order valence-electron chi connectivity index (χ1n) is 8.06. The zero-order chi connectivity index (χ0) is 15.5. The van der Waals surface area contributed by atoms with Gasteiger partial charge in [-0.05, 0) is 36.9 Å². The number of fused-ring (bicyclic) bond motifs is 1. The SMILES string of the molecule is CN(Cc1ccccc1Br)C(=O)CN1CCC2NCCC2C1.Cl. The Hall–Kier alpha value is -0.620. The fraction of sp³-hybridized carbons (Fsp3) is 0.588. The summed E-state index contributed by atoms with van der Waals surface area (Å²) in [5.41, 5.74) is 1.15. The van der Waals surface area contributed by atoms with E-state index in [1.54, 1.807) is 0 Å². The molecule has 2 aliphatic rings. The van der Waals surface area contributed by atoms with Crippen LogP contribution in [0.5, 0.6) is 0 Å². The average molecular weight is 403 g/mol. The minimum Gasteiger partial charge on any atom is -0.340 e. The molecule has 2 aliphatic heterocycles. The monoisotopic (exact) mass is 401 g/mol. The second kappa shape index (κ2) is 8.47. The van der Waals surface area contributed by atoms with Crippen molar-refractivity contribution < 1.29 is 4.79 Å². The number of hydrogen-bond donors (Lipinski definition) is 1. The molecule has 0 radical (unpaired) electrons. The van der Waals surface area contributed by atoms with Gasteiger partial charge in [0.15, 0.2) is 0 Å². The molecule has 0 aromatic heterocycles. The molecule has 2 atom stereocenters. The number of piperidine rings is 1. The number of nitrogens with zero attached hydrogens (tertiary/aromatic N) is 2. The standard InChI is InChI=1S/C17H24BrN3O.ClH/c1-20(10-13-4-2-3-5-15(13)18)17(22)12-21-9-7-16-14(11-21)6-8-19-16;/h2-5,14,16,19H,6-12H2,1H3;1H. The zero-order valence-corrected chi connectivity index (χ0v) is 15.9. The molecule has 0 aliphatic carbocycles. The third kappa shape index (κ3) is 4.69. The van der Waals surface area contributed by atoms with Crippen molar-refractivity contribution in [3.63, 3.8) is 0 Å². The van der Waals surface area contributed by atoms with Crippen molar-refractivity contribution >= 4 is 34.2 Å². The summed E-state index contributed by atoms with van der Waals surface area (Å²) in [6.07, 6.45) is 2.42. The molecule has 1 aromatic rings. The van der Waals surface area contributed by atoms with Crippen LogP contribution in [-0.2, 0) is 11.3 Å². The number of hydrogen-bond acceptors (Lipinski definition) is 3. The van der Waals surface area contributed by atoms with E-state index in [0.29, 0.717) is 19.1 Å². The third-order valence-electron chi connectivity index (χ3n) is 4.89. The number of likely N-dealkylation sites (N-methyl/N-ethyl adjacent to an activating group) is 1. The minimum atomic E-state index is 0. The van der Waals surface area contributed by atoms with E-state index in [9.17, 15) is 4.79 Å². The number of halogens is 2. The van der Waals surface area contributed by atoms with E-state index in [1.165, 1.54) is 12.8 Å². The maximum Gasteiger partial charge on any atom is 0.236 e. The quantitative estimate of drug-likeness (QED) is 0.840. The van der Waals surface area contributed by atoms with E-state index in [1.807, 2.05) is 30.1 Å². The van der Waals surface area contributed by atoms with Crippen LogP contribution in [0.3, 0.4) is 0 Å². The first kappa shape index (κ1) is 18.7. The highest BCUT2D eigenvalue weighted by atomic mass is 79.9. The Bertz CT molecular complexity index is 542. The van der Waals surface area contributed by atoms with Crippen molar-refractivity contribution in [2.24, 2.45) is 5.92 Å². The lowest BCUT2D eigenvalue weighted by atomic mass is 9.93. The molecule has 3 rings (SSSR count). The predicted molar refractivity (Wildman–Crippen MR) is 98.8 cm³/mol. The minimum absolute atomic E-state index is 0. The Morgan fingerprint density at radius 2 is 2.17 bits per heavy atom. The van der Waals surface area contributed by atoms with Gasteiger partial charge in [-0.1, -0.05) is 34.1 Å². The van der Waals surface area contributed by atoms with Crippen LogP contribution in [0.25, 0.3) is 0 Å². The van der Waals surface area contributed by atoms with Crippen molar-refractivity contribution in [2.45, 2.75) is 25.4 Å². The summed E-state index contributed by atoms with van der Waals surface area (Å²) in [4.78, 5) is 16.6. The number of carbonyl (C=O) groups excluding carboxylic acids is 1. The van der Waals surface area contributed by atoms with Gasteiger partial charge in [-0.3, -0.25) is 9.69 Å². The van der Waals surface area contributed by atoms with Gasteiger partial charge < -0.3 is 10.2 Å². The molecule has 4 nitrogen and oxygen atoms in total. The highest BCUT2D eigenvalue weighted by Crippen LogP contribution is 2.24. The zero-order valence-electron chi connectivity index (χ0n) is 13.5. The Morgan fingerprint density at radius 3 is 2.96 bits per heavy atom. The van der Waals surface area contributed by atoms with E-state index in [-0.39, 0.29) is 18.3 Å². The first-order chi connectivity index (χ1) is 10.6. The average Bonchev–Trinajstić information content (AvgIpc) is 2.97. The van der Waals surface area contributed by atoms with Gasteiger partial charge in [0.1, 0.15) is 0 Å². The fourth-order valence-corrected chi connectivity index (χ4v) is 3.96. The van der Waals surface area contributed by atoms with Crippen molar-refractivity contribution in [3.05, 3.63) is 34.3 Å². The topological polar surface area (TPSA) is 35.6 Å². The van der Waals surface area contributed by atoms with Gasteiger partial charge in [0, 0.05) is 37.2 Å². The Labute approximate surface area is 153 Å².